The van der Waals surface area contributed by atoms with Gasteiger partial charge >= 0.3 is 0 Å². The van der Waals surface area contributed by atoms with Gasteiger partial charge in [-0.15, -0.1) is 0 Å². The first-order valence-electron chi connectivity index (χ1n) is 6.00. The van der Waals surface area contributed by atoms with E-state index in [1.54, 1.807) is 12.1 Å². The fourth-order valence-electron chi connectivity index (χ4n) is 2.20. The molecule has 0 saturated carbocycles. The minimum atomic E-state index is -0.516. The Labute approximate surface area is 110 Å². The standard InChI is InChI=1S/C12H16N2O5/c15-6-9-5-10(1-2-12(9)14(17)18)13-3-4-19-8-11(13)7-16/h1-2,5,11,15-16H,3-4,6-8H2. The smallest absolute Gasteiger partial charge is 0.275 e. The van der Waals surface area contributed by atoms with Gasteiger partial charge in [-0.2, -0.15) is 0 Å². The zero-order chi connectivity index (χ0) is 13.8. The van der Waals surface area contributed by atoms with Crippen LogP contribution in [-0.4, -0.2) is 47.5 Å². The summed E-state index contributed by atoms with van der Waals surface area (Å²) in [6.45, 7) is 1.13. The van der Waals surface area contributed by atoms with Crippen molar-refractivity contribution in [3.63, 3.8) is 0 Å². The number of aliphatic hydroxyl groups excluding tert-OH is 2. The average molecular weight is 268 g/mol. The molecule has 0 aromatic heterocycles. The summed E-state index contributed by atoms with van der Waals surface area (Å²) >= 11 is 0. The Balaban J connectivity index is 2.31. The van der Waals surface area contributed by atoms with E-state index in [1.807, 2.05) is 4.90 Å². The summed E-state index contributed by atoms with van der Waals surface area (Å²) in [5.74, 6) is 0. The molecule has 1 saturated heterocycles. The van der Waals surface area contributed by atoms with Crippen molar-refractivity contribution in [1.82, 2.24) is 0 Å². The molecule has 2 N–H and O–H groups in total. The minimum Gasteiger partial charge on any atom is -0.394 e. The first kappa shape index (κ1) is 13.7. The second kappa shape index (κ2) is 5.96. The highest BCUT2D eigenvalue weighted by molar-refractivity contribution is 5.56. The molecule has 1 aliphatic rings. The molecule has 1 unspecified atom stereocenters. The molecule has 2 rings (SSSR count). The van der Waals surface area contributed by atoms with Crippen LogP contribution in [0.3, 0.4) is 0 Å². The fourth-order valence-corrected chi connectivity index (χ4v) is 2.20. The Hall–Kier alpha value is -1.70. The number of morpholine rings is 1. The van der Waals surface area contributed by atoms with Crippen LogP contribution < -0.4 is 4.90 Å². The summed E-state index contributed by atoms with van der Waals surface area (Å²) in [4.78, 5) is 12.2. The number of anilines is 1. The van der Waals surface area contributed by atoms with Crippen LogP contribution in [0.1, 0.15) is 5.56 Å². The highest BCUT2D eigenvalue weighted by Crippen LogP contribution is 2.27. The Kier molecular flexibility index (Phi) is 4.31. The first-order chi connectivity index (χ1) is 9.17. The van der Waals surface area contributed by atoms with Crippen LogP contribution in [0.25, 0.3) is 0 Å². The van der Waals surface area contributed by atoms with Crippen LogP contribution in [0.4, 0.5) is 11.4 Å². The third kappa shape index (κ3) is 2.83. The zero-order valence-corrected chi connectivity index (χ0v) is 10.4. The Morgan fingerprint density at radius 1 is 1.47 bits per heavy atom. The van der Waals surface area contributed by atoms with E-state index in [1.165, 1.54) is 6.07 Å². The Morgan fingerprint density at radius 2 is 2.26 bits per heavy atom. The van der Waals surface area contributed by atoms with Crippen molar-refractivity contribution >= 4 is 11.4 Å². The van der Waals surface area contributed by atoms with Crippen LogP contribution in [0.5, 0.6) is 0 Å². The second-order valence-electron chi connectivity index (χ2n) is 4.33. The quantitative estimate of drug-likeness (QED) is 0.601. The number of hydrogen-bond acceptors (Lipinski definition) is 6. The normalized spacial score (nSPS) is 19.5. The monoisotopic (exact) mass is 268 g/mol. The van der Waals surface area contributed by atoms with Gasteiger partial charge in [0.15, 0.2) is 0 Å². The van der Waals surface area contributed by atoms with Crippen molar-refractivity contribution in [2.75, 3.05) is 31.3 Å². The van der Waals surface area contributed by atoms with Crippen molar-refractivity contribution in [2.45, 2.75) is 12.6 Å². The van der Waals surface area contributed by atoms with Crippen molar-refractivity contribution in [3.05, 3.63) is 33.9 Å². The van der Waals surface area contributed by atoms with E-state index in [0.29, 0.717) is 19.8 Å². The zero-order valence-electron chi connectivity index (χ0n) is 10.4. The lowest BCUT2D eigenvalue weighted by Crippen LogP contribution is -2.47. The number of rotatable bonds is 4. The van der Waals surface area contributed by atoms with Crippen molar-refractivity contribution in [2.24, 2.45) is 0 Å². The average Bonchev–Trinajstić information content (AvgIpc) is 2.46. The molecule has 0 radical (unpaired) electrons. The summed E-state index contributed by atoms with van der Waals surface area (Å²) < 4.78 is 5.28. The molecule has 0 spiro atoms. The Bertz CT molecular complexity index is 465. The van der Waals surface area contributed by atoms with Gasteiger partial charge in [-0.1, -0.05) is 0 Å². The lowest BCUT2D eigenvalue weighted by atomic mass is 10.1. The van der Waals surface area contributed by atoms with Crippen LogP contribution >= 0.6 is 0 Å². The molecular weight excluding hydrogens is 252 g/mol. The van der Waals surface area contributed by atoms with Crippen LogP contribution in [0, 0.1) is 10.1 Å². The number of benzene rings is 1. The van der Waals surface area contributed by atoms with Crippen molar-refractivity contribution in [1.29, 1.82) is 0 Å². The molecule has 0 aliphatic carbocycles. The van der Waals surface area contributed by atoms with E-state index < -0.39 is 11.5 Å². The predicted molar refractivity (Wildman–Crippen MR) is 68.1 cm³/mol. The van der Waals surface area contributed by atoms with Gasteiger partial charge in [0.1, 0.15) is 0 Å². The maximum absolute atomic E-state index is 10.8. The topological polar surface area (TPSA) is 96.1 Å². The van der Waals surface area contributed by atoms with Crippen LogP contribution in [-0.2, 0) is 11.3 Å². The van der Waals surface area contributed by atoms with Gasteiger partial charge in [-0.3, -0.25) is 10.1 Å². The van der Waals surface area contributed by atoms with Gasteiger partial charge in [-0.25, -0.2) is 0 Å². The molecule has 1 heterocycles. The van der Waals surface area contributed by atoms with E-state index in [2.05, 4.69) is 0 Å². The van der Waals surface area contributed by atoms with Crippen LogP contribution in [0.15, 0.2) is 18.2 Å². The molecule has 7 nitrogen and oxygen atoms in total. The lowest BCUT2D eigenvalue weighted by Gasteiger charge is -2.36. The molecule has 0 bridgehead atoms. The summed E-state index contributed by atoms with van der Waals surface area (Å²) in [5, 5.41) is 29.3. The molecule has 0 amide bonds. The second-order valence-corrected chi connectivity index (χ2v) is 4.33. The number of nitrogens with zero attached hydrogens (tertiary/aromatic N) is 2. The number of nitro benzene ring substituents is 1. The summed E-state index contributed by atoms with van der Waals surface area (Å²) in [7, 11) is 0. The molecule has 1 aliphatic heterocycles. The maximum Gasteiger partial charge on any atom is 0.275 e. The van der Waals surface area contributed by atoms with Crippen molar-refractivity contribution < 1.29 is 19.9 Å². The number of hydrogen-bond donors (Lipinski definition) is 2. The maximum atomic E-state index is 10.8. The molecule has 1 fully saturated rings. The summed E-state index contributed by atoms with van der Waals surface area (Å²) in [6, 6.07) is 4.43. The van der Waals surface area contributed by atoms with Gasteiger partial charge in [0.2, 0.25) is 0 Å². The third-order valence-corrected chi connectivity index (χ3v) is 3.20. The van der Waals surface area contributed by atoms with E-state index in [0.717, 1.165) is 5.69 Å². The van der Waals surface area contributed by atoms with Crippen LogP contribution in [0.2, 0.25) is 0 Å². The SMILES string of the molecule is O=[N+]([O-])c1ccc(N2CCOCC2CO)cc1CO. The highest BCUT2D eigenvalue weighted by Gasteiger charge is 2.24. The number of nitro groups is 1. The number of ether oxygens (including phenoxy) is 1. The molecule has 1 aromatic carbocycles. The van der Waals surface area contributed by atoms with Gasteiger partial charge in [-0.05, 0) is 12.1 Å². The van der Waals surface area contributed by atoms with Gasteiger partial charge in [0.25, 0.3) is 5.69 Å². The third-order valence-electron chi connectivity index (χ3n) is 3.20. The first-order valence-corrected chi connectivity index (χ1v) is 6.00. The van der Waals surface area contributed by atoms with Gasteiger partial charge in [0, 0.05) is 18.3 Å². The van der Waals surface area contributed by atoms with E-state index in [4.69, 9.17) is 4.74 Å². The molecular formula is C12H16N2O5. The van der Waals surface area contributed by atoms with Gasteiger partial charge < -0.3 is 19.8 Å². The van der Waals surface area contributed by atoms with E-state index >= 15 is 0 Å². The molecule has 1 aromatic rings. The Morgan fingerprint density at radius 3 is 2.89 bits per heavy atom. The van der Waals surface area contributed by atoms with E-state index in [9.17, 15) is 20.3 Å². The minimum absolute atomic E-state index is 0.0502. The summed E-state index contributed by atoms with van der Waals surface area (Å²) in [6.07, 6.45) is 0. The molecule has 1 atom stereocenters. The van der Waals surface area contributed by atoms with Crippen molar-refractivity contribution in [3.8, 4) is 0 Å². The fraction of sp³-hybridized carbons (Fsp3) is 0.500. The largest absolute Gasteiger partial charge is 0.394 e. The predicted octanol–water partition coefficient (Wildman–Crippen LogP) is 0.285. The number of aliphatic hydroxyl groups is 2. The molecule has 104 valence electrons. The molecule has 7 heteroatoms. The highest BCUT2D eigenvalue weighted by atomic mass is 16.6. The van der Waals surface area contributed by atoms with E-state index in [-0.39, 0.29) is 23.9 Å². The van der Waals surface area contributed by atoms with Gasteiger partial charge in [0.05, 0.1) is 43.0 Å². The lowest BCUT2D eigenvalue weighted by molar-refractivity contribution is -0.385. The summed E-state index contributed by atoms with van der Waals surface area (Å²) in [5.41, 5.74) is 0.919. The molecule has 19 heavy (non-hydrogen) atoms.